The van der Waals surface area contributed by atoms with Crippen molar-refractivity contribution in [2.24, 2.45) is 0 Å². The van der Waals surface area contributed by atoms with Gasteiger partial charge in [-0.1, -0.05) is 24.3 Å². The fraction of sp³-hybridized carbons (Fsp3) is 0.360. The molecule has 2 aromatic rings. The summed E-state index contributed by atoms with van der Waals surface area (Å²) in [6.45, 7) is 1.55. The van der Waals surface area contributed by atoms with E-state index in [1.54, 1.807) is 12.1 Å². The monoisotopic (exact) mass is 469 g/mol. The summed E-state index contributed by atoms with van der Waals surface area (Å²) in [5, 5.41) is 13.9. The largest absolute Gasteiger partial charge is 0.491 e. The Kier molecular flexibility index (Phi) is 5.99. The van der Waals surface area contributed by atoms with Gasteiger partial charge in [-0.15, -0.1) is 11.8 Å². The van der Waals surface area contributed by atoms with Crippen LogP contribution in [0, 0.1) is 5.82 Å². The highest BCUT2D eigenvalue weighted by Gasteiger charge is 2.51. The molecule has 3 aliphatic rings. The zero-order valence-electron chi connectivity index (χ0n) is 17.9. The summed E-state index contributed by atoms with van der Waals surface area (Å²) in [6.07, 6.45) is 0.937. The van der Waals surface area contributed by atoms with E-state index in [1.165, 1.54) is 36.0 Å². The van der Waals surface area contributed by atoms with E-state index in [1.807, 2.05) is 12.1 Å². The number of rotatable bonds is 5. The van der Waals surface area contributed by atoms with Gasteiger partial charge in [0.05, 0.1) is 11.4 Å². The summed E-state index contributed by atoms with van der Waals surface area (Å²) in [7, 11) is 0. The summed E-state index contributed by atoms with van der Waals surface area (Å²) in [5.41, 5.74) is 0.456. The second-order valence-corrected chi connectivity index (χ2v) is 9.75. The Labute approximate surface area is 195 Å². The molecule has 6 nitrogen and oxygen atoms in total. The third-order valence-electron chi connectivity index (χ3n) is 6.38. The van der Waals surface area contributed by atoms with Gasteiger partial charge < -0.3 is 19.9 Å². The summed E-state index contributed by atoms with van der Waals surface area (Å²) >= 11 is 1.34. The van der Waals surface area contributed by atoms with Crippen LogP contribution < -0.4 is 10.1 Å². The second-order valence-electron chi connectivity index (χ2n) is 8.54. The first kappa shape index (κ1) is 22.1. The molecule has 1 aliphatic carbocycles. The Bertz CT molecular complexity index is 1110. The number of nitrogens with one attached hydrogen (secondary N) is 1. The highest BCUT2D eigenvalue weighted by molar-refractivity contribution is 8.05. The van der Waals surface area contributed by atoms with Gasteiger partial charge >= 0.3 is 0 Å². The maximum atomic E-state index is 13.1. The van der Waals surface area contributed by atoms with Crippen LogP contribution in [0.5, 0.6) is 5.75 Å². The van der Waals surface area contributed by atoms with Gasteiger partial charge in [-0.25, -0.2) is 4.39 Å². The van der Waals surface area contributed by atoms with E-state index in [-0.39, 0.29) is 17.7 Å². The summed E-state index contributed by atoms with van der Waals surface area (Å²) in [5.74, 6) is -0.492. The zero-order valence-corrected chi connectivity index (χ0v) is 18.7. The number of ether oxygens (including phenoxy) is 2. The minimum atomic E-state index is -0.827. The molecule has 5 rings (SSSR count). The van der Waals surface area contributed by atoms with Crippen LogP contribution in [-0.4, -0.2) is 53.3 Å². The number of piperidine rings is 1. The number of hydrogen-bond donors (Lipinski definition) is 2. The van der Waals surface area contributed by atoms with Crippen LogP contribution in [0.4, 0.5) is 4.39 Å². The molecule has 2 aromatic carbocycles. The van der Waals surface area contributed by atoms with Crippen molar-refractivity contribution in [1.29, 1.82) is 0 Å². The Morgan fingerprint density at radius 3 is 2.52 bits per heavy atom. The van der Waals surface area contributed by atoms with E-state index in [2.05, 4.69) is 5.32 Å². The lowest BCUT2D eigenvalue weighted by Gasteiger charge is -2.48. The van der Waals surface area contributed by atoms with Gasteiger partial charge in [0.2, 0.25) is 11.6 Å². The van der Waals surface area contributed by atoms with Crippen LogP contribution >= 0.6 is 11.8 Å². The van der Waals surface area contributed by atoms with Gasteiger partial charge in [-0.05, 0) is 43.8 Å². The number of carbonyl (C=O) groups is 2. The van der Waals surface area contributed by atoms with E-state index in [9.17, 15) is 19.1 Å². The Hall–Kier alpha value is -2.68. The number of Topliss-reactive ketones (excluding diaryl/α,β-unsaturated/α-hetero) is 2. The third kappa shape index (κ3) is 4.18. The van der Waals surface area contributed by atoms with Gasteiger partial charge in [-0.3, -0.25) is 9.59 Å². The SMILES string of the molecule is O=C1C(=O)c2ccccc2C2=C1SC(C[C@H](O)COc1ccc(F)cc1)C1(CCNCC1)O2. The van der Waals surface area contributed by atoms with Gasteiger partial charge in [0, 0.05) is 24.0 Å². The standard InChI is InChI=1S/C25H24FNO5S/c26-15-5-7-17(8-6-15)31-14-16(28)13-20-25(9-11-27-12-10-25)32-23-19-4-2-1-3-18(19)21(29)22(30)24(23)33-20/h1-8,16,20,27-28H,9-14H2/t16-,20?/m0/s1. The first-order valence-electron chi connectivity index (χ1n) is 11.0. The predicted molar refractivity (Wildman–Crippen MR) is 123 cm³/mol. The lowest BCUT2D eigenvalue weighted by Crippen LogP contribution is -2.54. The fourth-order valence-corrected chi connectivity index (χ4v) is 6.19. The second kappa shape index (κ2) is 8.93. The lowest BCUT2D eigenvalue weighted by atomic mass is 9.84. The zero-order chi connectivity index (χ0) is 23.0. The minimum Gasteiger partial charge on any atom is -0.491 e. The predicted octanol–water partition coefficient (Wildman–Crippen LogP) is 3.34. The van der Waals surface area contributed by atoms with Gasteiger partial charge in [-0.2, -0.15) is 0 Å². The summed E-state index contributed by atoms with van der Waals surface area (Å²) < 4.78 is 25.3. The molecular weight excluding hydrogens is 445 g/mol. The Balaban J connectivity index is 1.40. The summed E-state index contributed by atoms with van der Waals surface area (Å²) in [4.78, 5) is 25.9. The molecule has 2 aliphatic heterocycles. The lowest BCUT2D eigenvalue weighted by molar-refractivity contribution is -0.111. The molecule has 8 heteroatoms. The highest BCUT2D eigenvalue weighted by atomic mass is 32.2. The molecule has 0 bridgehead atoms. The topological polar surface area (TPSA) is 84.9 Å². The number of aliphatic hydroxyl groups excluding tert-OH is 1. The van der Waals surface area contributed by atoms with Gasteiger partial charge in [0.1, 0.15) is 34.4 Å². The molecule has 0 amide bonds. The maximum absolute atomic E-state index is 13.1. The Morgan fingerprint density at radius 2 is 1.79 bits per heavy atom. The van der Waals surface area contributed by atoms with Crippen LogP contribution in [0.15, 0.2) is 53.4 Å². The van der Waals surface area contributed by atoms with E-state index in [0.717, 1.165) is 25.9 Å². The molecule has 0 saturated carbocycles. The third-order valence-corrected chi connectivity index (χ3v) is 7.89. The molecule has 1 unspecified atom stereocenters. The van der Waals surface area contributed by atoms with Crippen molar-refractivity contribution < 1.29 is 28.6 Å². The number of ketones is 2. The van der Waals surface area contributed by atoms with E-state index >= 15 is 0 Å². The van der Waals surface area contributed by atoms with Crippen LogP contribution in [0.1, 0.15) is 35.2 Å². The number of hydrogen-bond acceptors (Lipinski definition) is 7. The Morgan fingerprint density at radius 1 is 1.09 bits per heavy atom. The van der Waals surface area contributed by atoms with Crippen molar-refractivity contribution in [2.45, 2.75) is 36.2 Å². The normalized spacial score (nSPS) is 22.4. The van der Waals surface area contributed by atoms with Gasteiger partial charge in [0.15, 0.2) is 0 Å². The molecule has 0 aromatic heterocycles. The smallest absolute Gasteiger partial charge is 0.243 e. The quantitative estimate of drug-likeness (QED) is 0.650. The molecule has 33 heavy (non-hydrogen) atoms. The highest BCUT2D eigenvalue weighted by Crippen LogP contribution is 2.51. The number of halogens is 1. The number of fused-ring (bicyclic) bond motifs is 2. The van der Waals surface area contributed by atoms with E-state index < -0.39 is 23.3 Å². The fourth-order valence-electron chi connectivity index (χ4n) is 4.63. The van der Waals surface area contributed by atoms with Crippen LogP contribution in [-0.2, 0) is 9.53 Å². The van der Waals surface area contributed by atoms with Crippen LogP contribution in [0.2, 0.25) is 0 Å². The number of thioether (sulfide) groups is 1. The van der Waals surface area contributed by atoms with Crippen LogP contribution in [0.3, 0.4) is 0 Å². The van der Waals surface area contributed by atoms with Crippen molar-refractivity contribution in [1.82, 2.24) is 5.32 Å². The molecule has 0 radical (unpaired) electrons. The number of allylic oxidation sites excluding steroid dienone is 1. The molecule has 2 heterocycles. The van der Waals surface area contributed by atoms with Crippen molar-refractivity contribution in [3.8, 4) is 5.75 Å². The molecule has 172 valence electrons. The molecule has 2 N–H and O–H groups in total. The molecular formula is C25H24FNO5S. The first-order valence-corrected chi connectivity index (χ1v) is 11.9. The van der Waals surface area contributed by atoms with E-state index in [0.29, 0.717) is 34.0 Å². The number of benzene rings is 2. The van der Waals surface area contributed by atoms with Gasteiger partial charge in [0.25, 0.3) is 0 Å². The molecule has 1 spiro atoms. The average Bonchev–Trinajstić information content (AvgIpc) is 2.84. The molecule has 1 fully saturated rings. The maximum Gasteiger partial charge on any atom is 0.243 e. The average molecular weight is 470 g/mol. The minimum absolute atomic E-state index is 0.0264. The van der Waals surface area contributed by atoms with Crippen LogP contribution in [0.25, 0.3) is 5.76 Å². The number of carbonyl (C=O) groups excluding carboxylic acids is 2. The first-order chi connectivity index (χ1) is 16.0. The van der Waals surface area contributed by atoms with Crippen molar-refractivity contribution in [2.75, 3.05) is 19.7 Å². The van der Waals surface area contributed by atoms with E-state index in [4.69, 9.17) is 9.47 Å². The molecule has 1 saturated heterocycles. The number of aliphatic hydroxyl groups is 1. The molecule has 2 atom stereocenters. The summed E-state index contributed by atoms with van der Waals surface area (Å²) in [6, 6.07) is 12.7. The van der Waals surface area contributed by atoms with Crippen molar-refractivity contribution in [3.63, 3.8) is 0 Å². The van der Waals surface area contributed by atoms with Crippen molar-refractivity contribution >= 4 is 29.1 Å². The van der Waals surface area contributed by atoms with Crippen molar-refractivity contribution in [3.05, 3.63) is 70.4 Å².